The second-order valence-electron chi connectivity index (χ2n) is 11.8. The number of benzene rings is 8. The van der Waals surface area contributed by atoms with Crippen LogP contribution in [0.5, 0.6) is 0 Å². The molecule has 1 heteroatoms. The van der Waals surface area contributed by atoms with E-state index in [4.69, 9.17) is 0 Å². The second-order valence-corrected chi connectivity index (χ2v) is 11.8. The first kappa shape index (κ1) is 25.6. The Morgan fingerprint density at radius 2 is 0.778 bits per heavy atom. The third-order valence-corrected chi connectivity index (χ3v) is 9.16. The van der Waals surface area contributed by atoms with Crippen LogP contribution >= 0.6 is 0 Å². The maximum atomic E-state index is 2.37. The van der Waals surface area contributed by atoms with Crippen molar-refractivity contribution in [1.82, 2.24) is 4.57 Å². The molecule has 0 atom stereocenters. The fourth-order valence-corrected chi connectivity index (χ4v) is 6.95. The molecule has 1 nitrogen and oxygen atoms in total. The Hall–Kier alpha value is -5.92. The first-order chi connectivity index (χ1) is 22.3. The molecule has 0 radical (unpaired) electrons. The van der Waals surface area contributed by atoms with Crippen LogP contribution in [-0.4, -0.2) is 4.57 Å². The molecule has 1 aromatic heterocycles. The van der Waals surface area contributed by atoms with Crippen LogP contribution in [0.25, 0.3) is 82.4 Å². The minimum absolute atomic E-state index is 1.17. The zero-order chi connectivity index (χ0) is 29.7. The summed E-state index contributed by atoms with van der Waals surface area (Å²) in [6, 6.07) is 64.0. The van der Waals surface area contributed by atoms with Crippen LogP contribution in [0.15, 0.2) is 176 Å². The third-order valence-electron chi connectivity index (χ3n) is 9.16. The molecule has 0 amide bonds. The Morgan fingerprint density at radius 3 is 1.42 bits per heavy atom. The van der Waals surface area contributed by atoms with Gasteiger partial charge >= 0.3 is 0 Å². The van der Waals surface area contributed by atoms with E-state index in [0.717, 1.165) is 0 Å². The largest absolute Gasteiger partial charge is 0.309 e. The number of rotatable bonds is 4. The topological polar surface area (TPSA) is 4.93 Å². The van der Waals surface area contributed by atoms with Crippen molar-refractivity contribution < 1.29 is 0 Å². The van der Waals surface area contributed by atoms with Crippen molar-refractivity contribution >= 4 is 43.4 Å². The molecule has 0 unspecified atom stereocenters. The molecular formula is C44H29N. The van der Waals surface area contributed by atoms with Crippen LogP contribution < -0.4 is 0 Å². The lowest BCUT2D eigenvalue weighted by atomic mass is 9.92. The van der Waals surface area contributed by atoms with E-state index in [1.165, 1.54) is 82.4 Å². The fourth-order valence-electron chi connectivity index (χ4n) is 6.95. The van der Waals surface area contributed by atoms with Gasteiger partial charge in [-0.3, -0.25) is 0 Å². The lowest BCUT2D eigenvalue weighted by Gasteiger charge is -2.12. The summed E-state index contributed by atoms with van der Waals surface area (Å²) >= 11 is 0. The molecule has 8 aromatic carbocycles. The summed E-state index contributed by atoms with van der Waals surface area (Å²) in [5.41, 5.74) is 11.1. The van der Waals surface area contributed by atoms with Crippen molar-refractivity contribution in [3.05, 3.63) is 176 Å². The van der Waals surface area contributed by atoms with Crippen LogP contribution in [0.3, 0.4) is 0 Å². The van der Waals surface area contributed by atoms with Crippen molar-refractivity contribution in [3.8, 4) is 39.1 Å². The summed E-state index contributed by atoms with van der Waals surface area (Å²) in [7, 11) is 0. The fraction of sp³-hybridized carbons (Fsp3) is 0. The standard InChI is InChI=1S/C44H29N/c1-2-10-31(11-3-1)39-12-4-5-13-40(39)35-21-20-34-27-36-26-32(18-19-33(36)28-37(34)29-35)30-22-24-38(25-23-30)45-43-16-8-6-14-41(43)42-15-7-9-17-44(42)45/h1-29H. The number of fused-ring (bicyclic) bond motifs is 5. The van der Waals surface area contributed by atoms with Gasteiger partial charge in [0.1, 0.15) is 0 Å². The molecule has 0 fully saturated rings. The summed E-state index contributed by atoms with van der Waals surface area (Å²) in [6.07, 6.45) is 0. The SMILES string of the molecule is c1ccc(-c2ccccc2-c2ccc3cc4cc(-c5ccc(-n6c7ccccc7c7ccccc76)cc5)ccc4cc3c2)cc1. The predicted molar refractivity (Wildman–Crippen MR) is 192 cm³/mol. The normalized spacial score (nSPS) is 11.6. The summed E-state index contributed by atoms with van der Waals surface area (Å²) in [5.74, 6) is 0. The van der Waals surface area contributed by atoms with E-state index in [0.29, 0.717) is 0 Å². The molecule has 0 N–H and O–H groups in total. The molecule has 0 aliphatic carbocycles. The summed E-state index contributed by atoms with van der Waals surface area (Å²) in [6.45, 7) is 0. The first-order valence-corrected chi connectivity index (χ1v) is 15.5. The van der Waals surface area contributed by atoms with Crippen molar-refractivity contribution in [2.45, 2.75) is 0 Å². The van der Waals surface area contributed by atoms with E-state index in [1.54, 1.807) is 0 Å². The average Bonchev–Trinajstić information content (AvgIpc) is 3.45. The van der Waals surface area contributed by atoms with Crippen LogP contribution in [-0.2, 0) is 0 Å². The molecule has 0 saturated heterocycles. The lowest BCUT2D eigenvalue weighted by molar-refractivity contribution is 1.18. The zero-order valence-electron chi connectivity index (χ0n) is 24.7. The van der Waals surface area contributed by atoms with Crippen molar-refractivity contribution in [2.75, 3.05) is 0 Å². The van der Waals surface area contributed by atoms with E-state index in [2.05, 4.69) is 180 Å². The molecule has 0 aliphatic rings. The average molecular weight is 572 g/mol. The molecule has 0 saturated carbocycles. The van der Waals surface area contributed by atoms with E-state index in [9.17, 15) is 0 Å². The van der Waals surface area contributed by atoms with Gasteiger partial charge in [-0.05, 0) is 103 Å². The maximum absolute atomic E-state index is 2.37. The number of hydrogen-bond acceptors (Lipinski definition) is 0. The van der Waals surface area contributed by atoms with Gasteiger partial charge in [-0.15, -0.1) is 0 Å². The Bertz CT molecular complexity index is 2460. The first-order valence-electron chi connectivity index (χ1n) is 15.5. The van der Waals surface area contributed by atoms with Gasteiger partial charge in [0.2, 0.25) is 0 Å². The van der Waals surface area contributed by atoms with Crippen LogP contribution in [0, 0.1) is 0 Å². The van der Waals surface area contributed by atoms with Crippen molar-refractivity contribution in [1.29, 1.82) is 0 Å². The van der Waals surface area contributed by atoms with Crippen molar-refractivity contribution in [2.24, 2.45) is 0 Å². The van der Waals surface area contributed by atoms with Gasteiger partial charge in [-0.25, -0.2) is 0 Å². The van der Waals surface area contributed by atoms with Gasteiger partial charge in [0.05, 0.1) is 11.0 Å². The van der Waals surface area contributed by atoms with Crippen LogP contribution in [0.1, 0.15) is 0 Å². The molecule has 210 valence electrons. The Morgan fingerprint density at radius 1 is 0.289 bits per heavy atom. The van der Waals surface area contributed by atoms with Gasteiger partial charge in [0.25, 0.3) is 0 Å². The van der Waals surface area contributed by atoms with E-state index < -0.39 is 0 Å². The monoisotopic (exact) mass is 571 g/mol. The Kier molecular flexibility index (Phi) is 5.89. The molecule has 0 bridgehead atoms. The van der Waals surface area contributed by atoms with E-state index in [1.807, 2.05) is 0 Å². The second kappa shape index (κ2) is 10.4. The molecule has 0 spiro atoms. The number of aromatic nitrogens is 1. The molecule has 0 aliphatic heterocycles. The quantitative estimate of drug-likeness (QED) is 0.185. The smallest absolute Gasteiger partial charge is 0.0541 e. The van der Waals surface area contributed by atoms with Gasteiger partial charge in [0, 0.05) is 16.5 Å². The predicted octanol–water partition coefficient (Wildman–Crippen LogP) is 12.1. The number of nitrogens with zero attached hydrogens (tertiary/aromatic N) is 1. The summed E-state index contributed by atoms with van der Waals surface area (Å²) in [4.78, 5) is 0. The minimum atomic E-state index is 1.17. The highest BCUT2D eigenvalue weighted by atomic mass is 15.0. The third kappa shape index (κ3) is 4.32. The van der Waals surface area contributed by atoms with Gasteiger partial charge in [-0.2, -0.15) is 0 Å². The maximum Gasteiger partial charge on any atom is 0.0541 e. The van der Waals surface area contributed by atoms with E-state index >= 15 is 0 Å². The van der Waals surface area contributed by atoms with Gasteiger partial charge in [-0.1, -0.05) is 127 Å². The zero-order valence-corrected chi connectivity index (χ0v) is 24.7. The minimum Gasteiger partial charge on any atom is -0.309 e. The van der Waals surface area contributed by atoms with Gasteiger partial charge < -0.3 is 4.57 Å². The van der Waals surface area contributed by atoms with Gasteiger partial charge in [0.15, 0.2) is 0 Å². The molecular weight excluding hydrogens is 542 g/mol. The van der Waals surface area contributed by atoms with Crippen LogP contribution in [0.4, 0.5) is 0 Å². The Labute approximate surface area is 262 Å². The molecule has 9 rings (SSSR count). The van der Waals surface area contributed by atoms with Crippen molar-refractivity contribution in [3.63, 3.8) is 0 Å². The molecule has 1 heterocycles. The summed E-state index contributed by atoms with van der Waals surface area (Å²) < 4.78 is 2.37. The highest BCUT2D eigenvalue weighted by Crippen LogP contribution is 2.36. The van der Waals surface area contributed by atoms with Crippen LogP contribution in [0.2, 0.25) is 0 Å². The lowest BCUT2D eigenvalue weighted by Crippen LogP contribution is -1.93. The highest BCUT2D eigenvalue weighted by Gasteiger charge is 2.12. The highest BCUT2D eigenvalue weighted by molar-refractivity contribution is 6.09. The number of hydrogen-bond donors (Lipinski definition) is 0. The molecule has 45 heavy (non-hydrogen) atoms. The number of para-hydroxylation sites is 2. The molecule has 9 aromatic rings. The summed E-state index contributed by atoms with van der Waals surface area (Å²) in [5, 5.41) is 7.58. The Balaban J connectivity index is 1.08. The van der Waals surface area contributed by atoms with E-state index in [-0.39, 0.29) is 0 Å².